The van der Waals surface area contributed by atoms with Gasteiger partial charge >= 0.3 is 5.97 Å². The van der Waals surface area contributed by atoms with Gasteiger partial charge in [0.2, 0.25) is 0 Å². The van der Waals surface area contributed by atoms with Crippen LogP contribution in [0.25, 0.3) is 0 Å². The monoisotopic (exact) mass is 247 g/mol. The van der Waals surface area contributed by atoms with Crippen molar-refractivity contribution in [3.8, 4) is 0 Å². The minimum Gasteiger partial charge on any atom is -0.462 e. The molecule has 0 unspecified atom stereocenters. The molecule has 0 saturated heterocycles. The highest BCUT2D eigenvalue weighted by atomic mass is 16.6. The van der Waals surface area contributed by atoms with Crippen LogP contribution in [0.3, 0.4) is 0 Å². The van der Waals surface area contributed by atoms with Crippen molar-refractivity contribution in [3.05, 3.63) is 41.1 Å². The molecule has 0 aliphatic heterocycles. The summed E-state index contributed by atoms with van der Waals surface area (Å²) in [4.78, 5) is 11.6. The quantitative estimate of drug-likeness (QED) is 0.821. The zero-order valence-corrected chi connectivity index (χ0v) is 9.92. The summed E-state index contributed by atoms with van der Waals surface area (Å²) in [5.41, 5.74) is 7.52. The Morgan fingerprint density at radius 2 is 2.28 bits per heavy atom. The SMILES string of the molecule is CCOC(=O)c1cccc(Cc2nonc2N)c1. The molecule has 2 N–H and O–H groups in total. The first kappa shape index (κ1) is 12.1. The summed E-state index contributed by atoms with van der Waals surface area (Å²) in [7, 11) is 0. The largest absolute Gasteiger partial charge is 0.462 e. The summed E-state index contributed by atoms with van der Waals surface area (Å²) < 4.78 is 9.45. The molecular weight excluding hydrogens is 234 g/mol. The molecule has 0 fully saturated rings. The van der Waals surface area contributed by atoms with Crippen LogP contribution in [-0.2, 0) is 11.2 Å². The van der Waals surface area contributed by atoms with E-state index < -0.39 is 0 Å². The zero-order valence-electron chi connectivity index (χ0n) is 9.92. The fourth-order valence-electron chi connectivity index (χ4n) is 1.55. The maximum atomic E-state index is 11.6. The maximum absolute atomic E-state index is 11.6. The van der Waals surface area contributed by atoms with Crippen LogP contribution in [0.1, 0.15) is 28.5 Å². The van der Waals surface area contributed by atoms with E-state index in [1.165, 1.54) is 0 Å². The first-order valence-corrected chi connectivity index (χ1v) is 5.53. The number of nitrogens with zero attached hydrogens (tertiary/aromatic N) is 2. The molecule has 6 nitrogen and oxygen atoms in total. The highest BCUT2D eigenvalue weighted by Crippen LogP contribution is 2.14. The van der Waals surface area contributed by atoms with Gasteiger partial charge in [0.1, 0.15) is 5.69 Å². The number of benzene rings is 1. The number of carbonyl (C=O) groups excluding carboxylic acids is 1. The second kappa shape index (κ2) is 5.31. The smallest absolute Gasteiger partial charge is 0.338 e. The molecule has 1 heterocycles. The van der Waals surface area contributed by atoms with Crippen LogP contribution >= 0.6 is 0 Å². The Kier molecular flexibility index (Phi) is 3.57. The van der Waals surface area contributed by atoms with E-state index >= 15 is 0 Å². The summed E-state index contributed by atoms with van der Waals surface area (Å²) in [5, 5.41) is 7.19. The minimum atomic E-state index is -0.342. The molecule has 1 aromatic carbocycles. The lowest BCUT2D eigenvalue weighted by Gasteiger charge is -2.03. The molecule has 0 saturated carbocycles. The van der Waals surface area contributed by atoms with E-state index in [0.29, 0.717) is 24.3 Å². The van der Waals surface area contributed by atoms with E-state index in [-0.39, 0.29) is 11.8 Å². The van der Waals surface area contributed by atoms with Gasteiger partial charge in [-0.15, -0.1) is 0 Å². The molecule has 0 spiro atoms. The fourth-order valence-corrected chi connectivity index (χ4v) is 1.55. The number of ether oxygens (including phenoxy) is 1. The average molecular weight is 247 g/mol. The number of carbonyl (C=O) groups is 1. The molecule has 6 heteroatoms. The van der Waals surface area contributed by atoms with Gasteiger partial charge in [0.15, 0.2) is 5.82 Å². The average Bonchev–Trinajstić information content (AvgIpc) is 2.76. The second-order valence-electron chi connectivity index (χ2n) is 3.69. The van der Waals surface area contributed by atoms with E-state index in [4.69, 9.17) is 10.5 Å². The van der Waals surface area contributed by atoms with Gasteiger partial charge in [0.25, 0.3) is 0 Å². The number of anilines is 1. The molecule has 94 valence electrons. The molecule has 0 atom stereocenters. The number of hydrogen-bond acceptors (Lipinski definition) is 6. The predicted octanol–water partition coefficient (Wildman–Crippen LogP) is 1.42. The first-order chi connectivity index (χ1) is 8.70. The molecule has 2 aromatic rings. The van der Waals surface area contributed by atoms with Crippen LogP contribution in [0.5, 0.6) is 0 Å². The Balaban J connectivity index is 2.17. The maximum Gasteiger partial charge on any atom is 0.338 e. The molecule has 18 heavy (non-hydrogen) atoms. The second-order valence-corrected chi connectivity index (χ2v) is 3.69. The van der Waals surface area contributed by atoms with Crippen LogP contribution in [0.15, 0.2) is 28.9 Å². The van der Waals surface area contributed by atoms with Crippen molar-refractivity contribution in [1.82, 2.24) is 10.3 Å². The summed E-state index contributed by atoms with van der Waals surface area (Å²) in [6.07, 6.45) is 0.461. The van der Waals surface area contributed by atoms with E-state index in [0.717, 1.165) is 5.56 Å². The van der Waals surface area contributed by atoms with E-state index in [9.17, 15) is 4.79 Å². The molecule has 1 aromatic heterocycles. The van der Waals surface area contributed by atoms with Crippen LogP contribution in [0.4, 0.5) is 5.82 Å². The molecule has 2 rings (SSSR count). The third-order valence-electron chi connectivity index (χ3n) is 2.40. The van der Waals surface area contributed by atoms with Crippen LogP contribution in [-0.4, -0.2) is 22.9 Å². The lowest BCUT2D eigenvalue weighted by Crippen LogP contribution is -2.05. The van der Waals surface area contributed by atoms with Gasteiger partial charge < -0.3 is 10.5 Å². The van der Waals surface area contributed by atoms with Crippen molar-refractivity contribution in [2.75, 3.05) is 12.3 Å². The third kappa shape index (κ3) is 2.65. The van der Waals surface area contributed by atoms with Crippen molar-refractivity contribution < 1.29 is 14.2 Å². The van der Waals surface area contributed by atoms with E-state index in [2.05, 4.69) is 14.9 Å². The predicted molar refractivity (Wildman–Crippen MR) is 63.9 cm³/mol. The highest BCUT2D eigenvalue weighted by molar-refractivity contribution is 5.89. The van der Waals surface area contributed by atoms with E-state index in [1.54, 1.807) is 25.1 Å². The van der Waals surface area contributed by atoms with Crippen LogP contribution < -0.4 is 5.73 Å². The molecule has 0 bridgehead atoms. The third-order valence-corrected chi connectivity index (χ3v) is 2.40. The Bertz CT molecular complexity index is 551. The summed E-state index contributed by atoms with van der Waals surface area (Å²) in [5.74, 6) is -0.0814. The molecule has 0 aliphatic carbocycles. The Labute approximate surface area is 104 Å². The van der Waals surface area contributed by atoms with E-state index in [1.807, 2.05) is 6.07 Å². The normalized spacial score (nSPS) is 10.3. The van der Waals surface area contributed by atoms with Crippen LogP contribution in [0, 0.1) is 0 Å². The summed E-state index contributed by atoms with van der Waals surface area (Å²) in [6, 6.07) is 7.10. The molecule has 0 aliphatic rings. The van der Waals surface area contributed by atoms with Gasteiger partial charge in [-0.3, -0.25) is 0 Å². The number of hydrogen-bond donors (Lipinski definition) is 1. The van der Waals surface area contributed by atoms with Gasteiger partial charge in [-0.2, -0.15) is 0 Å². The number of rotatable bonds is 4. The molecular formula is C12H13N3O3. The Hall–Kier alpha value is -2.37. The summed E-state index contributed by atoms with van der Waals surface area (Å²) >= 11 is 0. The fraction of sp³-hybridized carbons (Fsp3) is 0.250. The van der Waals surface area contributed by atoms with Gasteiger partial charge in [-0.25, -0.2) is 9.42 Å². The number of nitrogens with two attached hydrogens (primary N) is 1. The van der Waals surface area contributed by atoms with Crippen molar-refractivity contribution in [2.45, 2.75) is 13.3 Å². The number of esters is 1. The first-order valence-electron chi connectivity index (χ1n) is 5.53. The number of aromatic nitrogens is 2. The topological polar surface area (TPSA) is 91.2 Å². The van der Waals surface area contributed by atoms with Crippen LogP contribution in [0.2, 0.25) is 0 Å². The van der Waals surface area contributed by atoms with Crippen molar-refractivity contribution in [1.29, 1.82) is 0 Å². The Morgan fingerprint density at radius 1 is 1.44 bits per heavy atom. The van der Waals surface area contributed by atoms with Crippen molar-refractivity contribution in [3.63, 3.8) is 0 Å². The van der Waals surface area contributed by atoms with Gasteiger partial charge in [0, 0.05) is 6.42 Å². The highest BCUT2D eigenvalue weighted by Gasteiger charge is 2.10. The number of nitrogen functional groups attached to an aromatic ring is 1. The molecule has 0 radical (unpaired) electrons. The standard InChI is InChI=1S/C12H13N3O3/c1-2-17-12(16)9-5-3-4-8(6-9)7-10-11(13)15-18-14-10/h3-6H,2,7H2,1H3,(H2,13,15). The lowest BCUT2D eigenvalue weighted by atomic mass is 10.1. The zero-order chi connectivity index (χ0) is 13.0. The van der Waals surface area contributed by atoms with Crippen molar-refractivity contribution in [2.24, 2.45) is 0 Å². The van der Waals surface area contributed by atoms with Gasteiger partial charge in [0.05, 0.1) is 12.2 Å². The van der Waals surface area contributed by atoms with Crippen molar-refractivity contribution >= 4 is 11.8 Å². The van der Waals surface area contributed by atoms with Gasteiger partial charge in [-0.05, 0) is 29.8 Å². The Morgan fingerprint density at radius 3 is 2.94 bits per heavy atom. The summed E-state index contributed by atoms with van der Waals surface area (Å²) in [6.45, 7) is 2.12. The minimum absolute atomic E-state index is 0.261. The van der Waals surface area contributed by atoms with Gasteiger partial charge in [-0.1, -0.05) is 17.3 Å². The molecule has 0 amide bonds. The lowest BCUT2D eigenvalue weighted by molar-refractivity contribution is 0.0526.